The second-order valence-corrected chi connectivity index (χ2v) is 7.51. The van der Waals surface area contributed by atoms with E-state index in [1.54, 1.807) is 35.8 Å². The van der Waals surface area contributed by atoms with Crippen molar-refractivity contribution in [1.82, 2.24) is 4.57 Å². The number of thiazole rings is 1. The van der Waals surface area contributed by atoms with Crippen molar-refractivity contribution in [2.24, 2.45) is 4.99 Å². The maximum Gasteiger partial charge on any atom is 0.326 e. The number of hydrogen-bond acceptors (Lipinski definition) is 5. The Morgan fingerprint density at radius 3 is 2.60 bits per heavy atom. The lowest BCUT2D eigenvalue weighted by atomic mass is 10.1. The molecule has 4 aromatic rings. The van der Waals surface area contributed by atoms with Crippen LogP contribution in [0.25, 0.3) is 21.0 Å². The summed E-state index contributed by atoms with van der Waals surface area (Å²) in [6.07, 6.45) is 0. The first kappa shape index (κ1) is 19.8. The maximum atomic E-state index is 12.9. The molecule has 1 aromatic heterocycles. The van der Waals surface area contributed by atoms with Gasteiger partial charge in [0.05, 0.1) is 29.5 Å². The number of nitrogens with zero attached hydrogens (tertiary/aromatic N) is 2. The standard InChI is InChI=1S/C23H20N2O4S/c1-3-29-20(26)14-25-18-13-12-15-8-4-5-9-16(15)21(18)30-23(25)24-22(27)17-10-6-7-11-19(17)28-2/h4-13H,3,14H2,1-2H3. The van der Waals surface area contributed by atoms with Crippen LogP contribution in [-0.4, -0.2) is 30.2 Å². The quantitative estimate of drug-likeness (QED) is 0.455. The van der Waals surface area contributed by atoms with Crippen LogP contribution in [0.5, 0.6) is 5.75 Å². The Labute approximate surface area is 177 Å². The van der Waals surface area contributed by atoms with Crippen LogP contribution in [0.3, 0.4) is 0 Å². The number of hydrogen-bond donors (Lipinski definition) is 0. The fourth-order valence-electron chi connectivity index (χ4n) is 3.34. The summed E-state index contributed by atoms with van der Waals surface area (Å²) in [6, 6.07) is 18.9. The Kier molecular flexibility index (Phi) is 5.63. The van der Waals surface area contributed by atoms with E-state index in [1.165, 1.54) is 18.4 Å². The van der Waals surface area contributed by atoms with Crippen molar-refractivity contribution in [2.75, 3.05) is 13.7 Å². The molecule has 0 saturated carbocycles. The topological polar surface area (TPSA) is 69.9 Å². The lowest BCUT2D eigenvalue weighted by molar-refractivity contribution is -0.143. The van der Waals surface area contributed by atoms with Gasteiger partial charge in [0.15, 0.2) is 4.80 Å². The highest BCUT2D eigenvalue weighted by Crippen LogP contribution is 2.28. The van der Waals surface area contributed by atoms with Gasteiger partial charge in [0.25, 0.3) is 5.91 Å². The molecule has 0 aliphatic heterocycles. The van der Waals surface area contributed by atoms with E-state index in [9.17, 15) is 9.59 Å². The first-order valence-corrected chi connectivity index (χ1v) is 10.3. The molecule has 4 rings (SSSR count). The van der Waals surface area contributed by atoms with E-state index in [4.69, 9.17) is 9.47 Å². The van der Waals surface area contributed by atoms with Gasteiger partial charge in [-0.1, -0.05) is 53.8 Å². The Hall–Kier alpha value is -3.45. The van der Waals surface area contributed by atoms with Gasteiger partial charge in [-0.3, -0.25) is 9.59 Å². The average Bonchev–Trinajstić information content (AvgIpc) is 3.11. The summed E-state index contributed by atoms with van der Waals surface area (Å²) in [5, 5.41) is 2.13. The Balaban J connectivity index is 1.93. The van der Waals surface area contributed by atoms with Gasteiger partial charge >= 0.3 is 5.97 Å². The van der Waals surface area contributed by atoms with Crippen LogP contribution in [0.4, 0.5) is 0 Å². The summed E-state index contributed by atoms with van der Waals surface area (Å²) < 4.78 is 13.1. The number of carbonyl (C=O) groups excluding carboxylic acids is 2. The van der Waals surface area contributed by atoms with Gasteiger partial charge in [-0.05, 0) is 30.5 Å². The van der Waals surface area contributed by atoms with Gasteiger partial charge in [-0.2, -0.15) is 4.99 Å². The molecule has 30 heavy (non-hydrogen) atoms. The van der Waals surface area contributed by atoms with Crippen LogP contribution in [-0.2, 0) is 16.1 Å². The number of methoxy groups -OCH3 is 1. The van der Waals surface area contributed by atoms with Crippen LogP contribution in [0, 0.1) is 0 Å². The van der Waals surface area contributed by atoms with Crippen molar-refractivity contribution in [3.05, 3.63) is 71.0 Å². The Bertz CT molecular complexity index is 1320. The molecule has 3 aromatic carbocycles. The van der Waals surface area contributed by atoms with Gasteiger partial charge in [-0.15, -0.1) is 0 Å². The first-order chi connectivity index (χ1) is 14.6. The molecule has 1 heterocycles. The van der Waals surface area contributed by atoms with E-state index in [2.05, 4.69) is 4.99 Å². The highest BCUT2D eigenvalue weighted by molar-refractivity contribution is 7.17. The van der Waals surface area contributed by atoms with E-state index >= 15 is 0 Å². The summed E-state index contributed by atoms with van der Waals surface area (Å²) in [4.78, 5) is 30.0. The molecule has 152 valence electrons. The number of rotatable bonds is 5. The highest BCUT2D eigenvalue weighted by Gasteiger charge is 2.16. The highest BCUT2D eigenvalue weighted by atomic mass is 32.1. The van der Waals surface area contributed by atoms with Crippen molar-refractivity contribution >= 4 is 44.2 Å². The predicted octanol–water partition coefficient (Wildman–Crippen LogP) is 4.17. The molecular weight excluding hydrogens is 400 g/mol. The summed E-state index contributed by atoms with van der Waals surface area (Å²) >= 11 is 1.38. The molecule has 0 bridgehead atoms. The van der Waals surface area contributed by atoms with Gasteiger partial charge < -0.3 is 14.0 Å². The number of fused-ring (bicyclic) bond motifs is 3. The molecule has 0 unspecified atom stereocenters. The molecule has 0 spiro atoms. The first-order valence-electron chi connectivity index (χ1n) is 9.51. The Morgan fingerprint density at radius 1 is 1.03 bits per heavy atom. The SMILES string of the molecule is CCOC(=O)Cn1c(=NC(=O)c2ccccc2OC)sc2c3ccccc3ccc21. The number of carbonyl (C=O) groups is 2. The number of benzene rings is 3. The van der Waals surface area contributed by atoms with Crippen LogP contribution in [0.2, 0.25) is 0 Å². The molecule has 1 amide bonds. The molecule has 0 fully saturated rings. The monoisotopic (exact) mass is 420 g/mol. The summed E-state index contributed by atoms with van der Waals surface area (Å²) in [6.45, 7) is 2.03. The van der Waals surface area contributed by atoms with Gasteiger partial charge in [-0.25, -0.2) is 0 Å². The van der Waals surface area contributed by atoms with E-state index in [0.717, 1.165) is 21.0 Å². The zero-order chi connectivity index (χ0) is 21.1. The summed E-state index contributed by atoms with van der Waals surface area (Å²) in [7, 11) is 1.51. The number of ether oxygens (including phenoxy) is 2. The van der Waals surface area contributed by atoms with Crippen molar-refractivity contribution in [2.45, 2.75) is 13.5 Å². The molecule has 0 N–H and O–H groups in total. The number of para-hydroxylation sites is 1. The lowest BCUT2D eigenvalue weighted by Gasteiger charge is -2.06. The maximum absolute atomic E-state index is 12.9. The number of aromatic nitrogens is 1. The van der Waals surface area contributed by atoms with E-state index in [-0.39, 0.29) is 19.1 Å². The summed E-state index contributed by atoms with van der Waals surface area (Å²) in [5.74, 6) is -0.354. The minimum absolute atomic E-state index is 0.0236. The third-order valence-corrected chi connectivity index (χ3v) is 5.83. The van der Waals surface area contributed by atoms with Gasteiger partial charge in [0, 0.05) is 5.39 Å². The Morgan fingerprint density at radius 2 is 1.80 bits per heavy atom. The number of amides is 1. The molecule has 7 heteroatoms. The summed E-state index contributed by atoms with van der Waals surface area (Å²) in [5.41, 5.74) is 1.20. The lowest BCUT2D eigenvalue weighted by Crippen LogP contribution is -2.23. The van der Waals surface area contributed by atoms with Crippen molar-refractivity contribution in [3.63, 3.8) is 0 Å². The zero-order valence-electron chi connectivity index (χ0n) is 16.6. The second kappa shape index (κ2) is 8.51. The molecule has 6 nitrogen and oxygen atoms in total. The molecule has 0 radical (unpaired) electrons. The van der Waals surface area contributed by atoms with E-state index in [0.29, 0.717) is 16.1 Å². The second-order valence-electron chi connectivity index (χ2n) is 6.53. The minimum atomic E-state index is -0.430. The molecule has 0 aliphatic rings. The van der Waals surface area contributed by atoms with Crippen LogP contribution >= 0.6 is 11.3 Å². The van der Waals surface area contributed by atoms with Gasteiger partial charge in [0.2, 0.25) is 0 Å². The molecular formula is C23H20N2O4S. The molecule has 0 atom stereocenters. The minimum Gasteiger partial charge on any atom is -0.496 e. The molecule has 0 saturated heterocycles. The predicted molar refractivity (Wildman–Crippen MR) is 117 cm³/mol. The largest absolute Gasteiger partial charge is 0.496 e. The van der Waals surface area contributed by atoms with E-state index < -0.39 is 5.91 Å². The van der Waals surface area contributed by atoms with Crippen molar-refractivity contribution in [3.8, 4) is 5.75 Å². The van der Waals surface area contributed by atoms with Gasteiger partial charge in [0.1, 0.15) is 12.3 Å². The fraction of sp³-hybridized carbons (Fsp3) is 0.174. The average molecular weight is 420 g/mol. The van der Waals surface area contributed by atoms with Crippen molar-refractivity contribution < 1.29 is 19.1 Å². The third kappa shape index (κ3) is 3.71. The molecule has 0 aliphatic carbocycles. The fourth-order valence-corrected chi connectivity index (χ4v) is 4.50. The van der Waals surface area contributed by atoms with Crippen molar-refractivity contribution in [1.29, 1.82) is 0 Å². The number of esters is 1. The normalized spacial score (nSPS) is 11.7. The van der Waals surface area contributed by atoms with E-state index in [1.807, 2.05) is 36.4 Å². The zero-order valence-corrected chi connectivity index (χ0v) is 17.4. The van der Waals surface area contributed by atoms with Crippen LogP contribution in [0.1, 0.15) is 17.3 Å². The van der Waals surface area contributed by atoms with Crippen LogP contribution in [0.15, 0.2) is 65.7 Å². The van der Waals surface area contributed by atoms with Crippen LogP contribution < -0.4 is 9.54 Å². The smallest absolute Gasteiger partial charge is 0.326 e. The third-order valence-electron chi connectivity index (χ3n) is 4.70.